The smallest absolute Gasteiger partial charge is 0.272 e. The maximum Gasteiger partial charge on any atom is 0.272 e. The highest BCUT2D eigenvalue weighted by molar-refractivity contribution is 6.31. The molecule has 1 heterocycles. The fraction of sp³-hybridized carbons (Fsp3) is 0.312. The van der Waals surface area contributed by atoms with Gasteiger partial charge in [0.25, 0.3) is 5.91 Å². The second-order valence-electron chi connectivity index (χ2n) is 5.18. The molecular weight excluding hydrogens is 300 g/mol. The van der Waals surface area contributed by atoms with Gasteiger partial charge >= 0.3 is 0 Å². The molecule has 2 rings (SSSR count). The summed E-state index contributed by atoms with van der Waals surface area (Å²) in [6.45, 7) is 5.90. The van der Waals surface area contributed by atoms with Crippen LogP contribution in [0.3, 0.4) is 0 Å². The van der Waals surface area contributed by atoms with Crippen molar-refractivity contribution in [1.29, 1.82) is 0 Å². The van der Waals surface area contributed by atoms with Crippen molar-refractivity contribution in [3.8, 4) is 0 Å². The predicted molar refractivity (Wildman–Crippen MR) is 88.7 cm³/mol. The van der Waals surface area contributed by atoms with Crippen LogP contribution in [0.4, 0.5) is 11.5 Å². The average molecular weight is 319 g/mol. The summed E-state index contributed by atoms with van der Waals surface area (Å²) >= 11 is 6.08. The maximum atomic E-state index is 11.9. The van der Waals surface area contributed by atoms with E-state index >= 15 is 0 Å². The van der Waals surface area contributed by atoms with E-state index in [1.54, 1.807) is 12.1 Å². The summed E-state index contributed by atoms with van der Waals surface area (Å²) in [5.74, 6) is 0.340. The summed E-state index contributed by atoms with van der Waals surface area (Å²) < 4.78 is 0. The van der Waals surface area contributed by atoms with E-state index < -0.39 is 0 Å². The van der Waals surface area contributed by atoms with Gasteiger partial charge in [-0.2, -0.15) is 0 Å². The van der Waals surface area contributed by atoms with Crippen molar-refractivity contribution in [3.63, 3.8) is 0 Å². The number of hydrogen-bond donors (Lipinski definition) is 2. The van der Waals surface area contributed by atoms with E-state index in [1.165, 1.54) is 0 Å². The minimum atomic E-state index is -0.216. The standard InChI is InChI=1S/C16H19ClN4O/c1-4-11(3)18-16(22)14-7-8-15(21-20-14)19-12-6-5-10(2)13(17)9-12/h5-9,11H,4H2,1-3H3,(H,18,22)(H,19,21). The fourth-order valence-corrected chi connectivity index (χ4v) is 1.92. The van der Waals surface area contributed by atoms with Crippen LogP contribution in [0.2, 0.25) is 5.02 Å². The van der Waals surface area contributed by atoms with Crippen molar-refractivity contribution in [2.24, 2.45) is 0 Å². The van der Waals surface area contributed by atoms with Crippen molar-refractivity contribution in [3.05, 3.63) is 46.6 Å². The molecule has 0 aliphatic heterocycles. The Morgan fingerprint density at radius 3 is 2.64 bits per heavy atom. The van der Waals surface area contributed by atoms with Gasteiger partial charge < -0.3 is 10.6 Å². The van der Waals surface area contributed by atoms with E-state index in [0.717, 1.165) is 17.7 Å². The Bertz CT molecular complexity index is 658. The zero-order chi connectivity index (χ0) is 16.1. The van der Waals surface area contributed by atoms with Gasteiger partial charge in [-0.3, -0.25) is 4.79 Å². The van der Waals surface area contributed by atoms with Gasteiger partial charge in [-0.25, -0.2) is 0 Å². The van der Waals surface area contributed by atoms with Gasteiger partial charge in [0.2, 0.25) is 0 Å². The molecule has 2 N–H and O–H groups in total. The maximum absolute atomic E-state index is 11.9. The van der Waals surface area contributed by atoms with Gasteiger partial charge in [0.05, 0.1) is 0 Å². The topological polar surface area (TPSA) is 66.9 Å². The molecule has 0 aliphatic rings. The molecule has 0 saturated heterocycles. The number of rotatable bonds is 5. The molecule has 1 atom stereocenters. The first-order chi connectivity index (χ1) is 10.5. The lowest BCUT2D eigenvalue weighted by molar-refractivity contribution is 0.0933. The van der Waals surface area contributed by atoms with Crippen LogP contribution >= 0.6 is 11.6 Å². The van der Waals surface area contributed by atoms with Gasteiger partial charge in [0, 0.05) is 16.8 Å². The minimum absolute atomic E-state index is 0.113. The van der Waals surface area contributed by atoms with Crippen molar-refractivity contribution in [2.75, 3.05) is 5.32 Å². The number of benzene rings is 1. The third-order valence-electron chi connectivity index (χ3n) is 3.33. The Labute approximate surface area is 135 Å². The molecule has 2 aromatic rings. The Morgan fingerprint density at radius 2 is 2.05 bits per heavy atom. The highest BCUT2D eigenvalue weighted by atomic mass is 35.5. The van der Waals surface area contributed by atoms with Gasteiger partial charge in [0.1, 0.15) is 0 Å². The van der Waals surface area contributed by atoms with Crippen molar-refractivity contribution >= 4 is 29.0 Å². The number of halogens is 1. The van der Waals surface area contributed by atoms with Gasteiger partial charge in [-0.1, -0.05) is 24.6 Å². The normalized spacial score (nSPS) is 11.8. The molecule has 0 spiro atoms. The van der Waals surface area contributed by atoms with Gasteiger partial charge in [-0.15, -0.1) is 10.2 Å². The van der Waals surface area contributed by atoms with Crippen molar-refractivity contribution in [2.45, 2.75) is 33.2 Å². The Morgan fingerprint density at radius 1 is 1.27 bits per heavy atom. The van der Waals surface area contributed by atoms with Gasteiger partial charge in [0.15, 0.2) is 11.5 Å². The zero-order valence-electron chi connectivity index (χ0n) is 12.9. The Hall–Kier alpha value is -2.14. The van der Waals surface area contributed by atoms with Crippen molar-refractivity contribution in [1.82, 2.24) is 15.5 Å². The molecule has 0 bridgehead atoms. The first kappa shape index (κ1) is 16.2. The van der Waals surface area contributed by atoms with E-state index in [9.17, 15) is 4.79 Å². The van der Waals surface area contributed by atoms with E-state index in [1.807, 2.05) is 39.0 Å². The largest absolute Gasteiger partial charge is 0.348 e. The second kappa shape index (κ2) is 7.22. The third-order valence-corrected chi connectivity index (χ3v) is 3.74. The lowest BCUT2D eigenvalue weighted by Gasteiger charge is -2.11. The van der Waals surface area contributed by atoms with Gasteiger partial charge in [-0.05, 0) is 50.1 Å². The summed E-state index contributed by atoms with van der Waals surface area (Å²) in [7, 11) is 0. The summed E-state index contributed by atoms with van der Waals surface area (Å²) in [5, 5.41) is 14.6. The number of anilines is 2. The molecule has 116 valence electrons. The minimum Gasteiger partial charge on any atom is -0.348 e. The molecule has 1 unspecified atom stereocenters. The van der Waals surface area contributed by atoms with Crippen LogP contribution in [0.1, 0.15) is 36.3 Å². The highest BCUT2D eigenvalue weighted by Gasteiger charge is 2.10. The van der Waals surface area contributed by atoms with Crippen molar-refractivity contribution < 1.29 is 4.79 Å². The van der Waals surface area contributed by atoms with Crippen LogP contribution in [-0.4, -0.2) is 22.1 Å². The number of amides is 1. The first-order valence-electron chi connectivity index (χ1n) is 7.17. The fourth-order valence-electron chi connectivity index (χ4n) is 1.74. The zero-order valence-corrected chi connectivity index (χ0v) is 13.6. The number of carbonyl (C=O) groups excluding carboxylic acids is 1. The predicted octanol–water partition coefficient (Wildman–Crippen LogP) is 3.71. The van der Waals surface area contributed by atoms with E-state index in [2.05, 4.69) is 20.8 Å². The number of hydrogen-bond acceptors (Lipinski definition) is 4. The summed E-state index contributed by atoms with van der Waals surface area (Å²) in [4.78, 5) is 11.9. The van der Waals surface area contributed by atoms with Crippen LogP contribution in [-0.2, 0) is 0 Å². The number of nitrogens with zero attached hydrogens (tertiary/aromatic N) is 2. The summed E-state index contributed by atoms with van der Waals surface area (Å²) in [6, 6.07) is 9.12. The van der Waals surface area contributed by atoms with Crippen LogP contribution in [0.15, 0.2) is 30.3 Å². The SMILES string of the molecule is CCC(C)NC(=O)c1ccc(Nc2ccc(C)c(Cl)c2)nn1. The second-order valence-corrected chi connectivity index (χ2v) is 5.58. The van der Waals surface area contributed by atoms with E-state index in [0.29, 0.717) is 16.5 Å². The molecule has 5 nitrogen and oxygen atoms in total. The molecule has 1 aromatic carbocycles. The molecule has 1 amide bonds. The first-order valence-corrected chi connectivity index (χ1v) is 7.55. The number of nitrogens with one attached hydrogen (secondary N) is 2. The molecule has 0 aliphatic carbocycles. The number of aryl methyl sites for hydroxylation is 1. The third kappa shape index (κ3) is 4.18. The average Bonchev–Trinajstić information content (AvgIpc) is 2.51. The molecule has 0 saturated carbocycles. The van der Waals surface area contributed by atoms with Crippen LogP contribution in [0.5, 0.6) is 0 Å². The van der Waals surface area contributed by atoms with Crippen LogP contribution in [0, 0.1) is 6.92 Å². The molecule has 0 radical (unpaired) electrons. The monoisotopic (exact) mass is 318 g/mol. The Kier molecular flexibility index (Phi) is 5.33. The van der Waals surface area contributed by atoms with E-state index in [-0.39, 0.29) is 11.9 Å². The lowest BCUT2D eigenvalue weighted by atomic mass is 10.2. The molecule has 1 aromatic heterocycles. The molecule has 0 fully saturated rings. The van der Waals surface area contributed by atoms with Crippen LogP contribution < -0.4 is 10.6 Å². The lowest BCUT2D eigenvalue weighted by Crippen LogP contribution is -2.32. The van der Waals surface area contributed by atoms with Crippen LogP contribution in [0.25, 0.3) is 0 Å². The highest BCUT2D eigenvalue weighted by Crippen LogP contribution is 2.22. The summed E-state index contributed by atoms with van der Waals surface area (Å²) in [6.07, 6.45) is 0.868. The Balaban J connectivity index is 2.05. The molecule has 6 heteroatoms. The molecule has 22 heavy (non-hydrogen) atoms. The molecular formula is C16H19ClN4O. The summed E-state index contributed by atoms with van der Waals surface area (Å²) in [5.41, 5.74) is 2.13. The quantitative estimate of drug-likeness (QED) is 0.882. The number of aromatic nitrogens is 2. The number of carbonyl (C=O) groups is 1. The van der Waals surface area contributed by atoms with E-state index in [4.69, 9.17) is 11.6 Å².